The van der Waals surface area contributed by atoms with Gasteiger partial charge in [-0.2, -0.15) is 4.98 Å². The van der Waals surface area contributed by atoms with Crippen LogP contribution in [0.3, 0.4) is 0 Å². The molecule has 2 aromatic heterocycles. The normalized spacial score (nSPS) is 11.1. The highest BCUT2D eigenvalue weighted by Gasteiger charge is 2.16. The standard InChI is InChI=1S/C14H13ClN4O2/c1-2-18-11-10(12(20)17-14(18)21)19(13(15)16-11)8-9-6-4-3-5-7-9/h3-7H,2,8H2,1H3,(H,17,20,21). The van der Waals surface area contributed by atoms with Gasteiger partial charge >= 0.3 is 5.69 Å². The minimum absolute atomic E-state index is 0.187. The number of rotatable bonds is 3. The van der Waals surface area contributed by atoms with Crippen LogP contribution in [-0.2, 0) is 13.1 Å². The van der Waals surface area contributed by atoms with Crippen molar-refractivity contribution < 1.29 is 0 Å². The van der Waals surface area contributed by atoms with Crippen molar-refractivity contribution in [2.24, 2.45) is 0 Å². The van der Waals surface area contributed by atoms with Crippen LogP contribution in [-0.4, -0.2) is 19.1 Å². The van der Waals surface area contributed by atoms with Crippen LogP contribution >= 0.6 is 11.6 Å². The molecular formula is C14H13ClN4O2. The molecule has 108 valence electrons. The molecule has 0 spiro atoms. The smallest absolute Gasteiger partial charge is 0.304 e. The van der Waals surface area contributed by atoms with Crippen LogP contribution in [0.2, 0.25) is 5.28 Å². The predicted molar refractivity (Wildman–Crippen MR) is 80.8 cm³/mol. The van der Waals surface area contributed by atoms with E-state index in [1.807, 2.05) is 37.3 Å². The maximum absolute atomic E-state index is 12.1. The van der Waals surface area contributed by atoms with Crippen LogP contribution in [0.4, 0.5) is 0 Å². The summed E-state index contributed by atoms with van der Waals surface area (Å²) in [6.45, 7) is 2.63. The van der Waals surface area contributed by atoms with Crippen LogP contribution in [0, 0.1) is 0 Å². The van der Waals surface area contributed by atoms with Gasteiger partial charge in [-0.15, -0.1) is 0 Å². The zero-order valence-electron chi connectivity index (χ0n) is 11.3. The van der Waals surface area contributed by atoms with Crippen molar-refractivity contribution in [3.63, 3.8) is 0 Å². The van der Waals surface area contributed by atoms with E-state index in [4.69, 9.17) is 11.6 Å². The fourth-order valence-electron chi connectivity index (χ4n) is 2.35. The maximum atomic E-state index is 12.1. The molecule has 0 radical (unpaired) electrons. The van der Waals surface area contributed by atoms with Gasteiger partial charge in [0, 0.05) is 6.54 Å². The number of benzene rings is 1. The Balaban J connectivity index is 2.27. The molecule has 1 aromatic carbocycles. The predicted octanol–water partition coefficient (Wildman–Crippen LogP) is 1.61. The Morgan fingerprint density at radius 2 is 1.90 bits per heavy atom. The number of H-pyrrole nitrogens is 1. The number of nitrogens with one attached hydrogen (secondary N) is 1. The number of fused-ring (bicyclic) bond motifs is 1. The summed E-state index contributed by atoms with van der Waals surface area (Å²) in [6, 6.07) is 9.61. The Kier molecular flexibility index (Phi) is 3.39. The van der Waals surface area contributed by atoms with E-state index < -0.39 is 11.2 Å². The first-order chi connectivity index (χ1) is 10.1. The van der Waals surface area contributed by atoms with Gasteiger partial charge in [-0.3, -0.25) is 14.3 Å². The van der Waals surface area contributed by atoms with Gasteiger partial charge in [0.15, 0.2) is 11.2 Å². The highest BCUT2D eigenvalue weighted by molar-refractivity contribution is 6.29. The highest BCUT2D eigenvalue weighted by Crippen LogP contribution is 2.17. The fourth-order valence-corrected chi connectivity index (χ4v) is 2.57. The number of halogens is 1. The van der Waals surface area contributed by atoms with Crippen LogP contribution in [0.15, 0.2) is 39.9 Å². The number of aromatic nitrogens is 4. The van der Waals surface area contributed by atoms with E-state index in [1.165, 1.54) is 4.57 Å². The lowest BCUT2D eigenvalue weighted by Crippen LogP contribution is -2.30. The van der Waals surface area contributed by atoms with Crippen molar-refractivity contribution in [3.8, 4) is 0 Å². The molecule has 3 aromatic rings. The summed E-state index contributed by atoms with van der Waals surface area (Å²) in [5, 5.41) is 0.187. The van der Waals surface area contributed by atoms with Gasteiger partial charge in [-0.05, 0) is 24.1 Å². The number of hydrogen-bond donors (Lipinski definition) is 1. The zero-order chi connectivity index (χ0) is 15.0. The second kappa shape index (κ2) is 5.21. The Labute approximate surface area is 124 Å². The minimum Gasteiger partial charge on any atom is -0.304 e. The average Bonchev–Trinajstić information content (AvgIpc) is 2.78. The van der Waals surface area contributed by atoms with Crippen molar-refractivity contribution in [1.29, 1.82) is 0 Å². The number of aryl methyl sites for hydroxylation is 1. The molecule has 3 rings (SSSR count). The zero-order valence-corrected chi connectivity index (χ0v) is 12.1. The van der Waals surface area contributed by atoms with Gasteiger partial charge in [0.2, 0.25) is 5.28 Å². The van der Waals surface area contributed by atoms with Gasteiger partial charge in [0.25, 0.3) is 5.56 Å². The lowest BCUT2D eigenvalue weighted by molar-refractivity contribution is 0.717. The van der Waals surface area contributed by atoms with Crippen LogP contribution < -0.4 is 11.2 Å². The lowest BCUT2D eigenvalue weighted by Gasteiger charge is -2.06. The van der Waals surface area contributed by atoms with Gasteiger partial charge in [-0.1, -0.05) is 30.3 Å². The summed E-state index contributed by atoms with van der Waals surface area (Å²) in [4.78, 5) is 30.4. The fraction of sp³-hybridized carbons (Fsp3) is 0.214. The third-order valence-electron chi connectivity index (χ3n) is 3.34. The second-order valence-electron chi connectivity index (χ2n) is 4.63. The third-order valence-corrected chi connectivity index (χ3v) is 3.63. The summed E-state index contributed by atoms with van der Waals surface area (Å²) in [5.41, 5.74) is 0.663. The van der Waals surface area contributed by atoms with Crippen molar-refractivity contribution in [2.45, 2.75) is 20.0 Å². The van der Waals surface area contributed by atoms with E-state index in [1.54, 1.807) is 4.57 Å². The van der Waals surface area contributed by atoms with Gasteiger partial charge in [0.05, 0.1) is 6.54 Å². The average molecular weight is 305 g/mol. The summed E-state index contributed by atoms with van der Waals surface area (Å²) < 4.78 is 3.00. The topological polar surface area (TPSA) is 72.7 Å². The molecule has 0 atom stereocenters. The van der Waals surface area contributed by atoms with Gasteiger partial charge < -0.3 is 4.57 Å². The molecule has 0 saturated carbocycles. The number of aromatic amines is 1. The summed E-state index contributed by atoms with van der Waals surface area (Å²) in [5.74, 6) is 0. The van der Waals surface area contributed by atoms with Crippen molar-refractivity contribution in [3.05, 3.63) is 62.0 Å². The monoisotopic (exact) mass is 304 g/mol. The number of nitrogens with zero attached hydrogens (tertiary/aromatic N) is 3. The van der Waals surface area contributed by atoms with Gasteiger partial charge in [-0.25, -0.2) is 4.79 Å². The molecule has 2 heterocycles. The van der Waals surface area contributed by atoms with E-state index in [2.05, 4.69) is 9.97 Å². The molecule has 0 aliphatic carbocycles. The van der Waals surface area contributed by atoms with Crippen molar-refractivity contribution in [2.75, 3.05) is 0 Å². The number of hydrogen-bond acceptors (Lipinski definition) is 3. The quantitative estimate of drug-likeness (QED) is 0.747. The molecule has 0 amide bonds. The summed E-state index contributed by atoms with van der Waals surface area (Å²) in [6.07, 6.45) is 0. The van der Waals surface area contributed by atoms with E-state index >= 15 is 0 Å². The Bertz CT molecular complexity index is 908. The van der Waals surface area contributed by atoms with E-state index in [0.29, 0.717) is 24.3 Å². The van der Waals surface area contributed by atoms with Crippen molar-refractivity contribution in [1.82, 2.24) is 19.1 Å². The van der Waals surface area contributed by atoms with E-state index in [9.17, 15) is 9.59 Å². The van der Waals surface area contributed by atoms with Gasteiger partial charge in [0.1, 0.15) is 0 Å². The first-order valence-electron chi connectivity index (χ1n) is 6.54. The third kappa shape index (κ3) is 2.27. The molecule has 0 aliphatic heterocycles. The molecule has 0 saturated heterocycles. The van der Waals surface area contributed by atoms with Crippen LogP contribution in [0.1, 0.15) is 12.5 Å². The second-order valence-corrected chi connectivity index (χ2v) is 4.97. The van der Waals surface area contributed by atoms with Crippen LogP contribution in [0.5, 0.6) is 0 Å². The molecule has 1 N–H and O–H groups in total. The van der Waals surface area contributed by atoms with Crippen molar-refractivity contribution >= 4 is 22.8 Å². The Morgan fingerprint density at radius 3 is 2.57 bits per heavy atom. The summed E-state index contributed by atoms with van der Waals surface area (Å²) >= 11 is 6.15. The van der Waals surface area contributed by atoms with E-state index in [0.717, 1.165) is 5.56 Å². The lowest BCUT2D eigenvalue weighted by atomic mass is 10.2. The molecular weight excluding hydrogens is 292 g/mol. The number of imidazole rings is 1. The SMILES string of the molecule is CCn1c(=O)[nH]c(=O)c2c1nc(Cl)n2Cc1ccccc1. The molecule has 0 unspecified atom stereocenters. The first kappa shape index (κ1) is 13.6. The Hall–Kier alpha value is -2.34. The molecule has 0 aliphatic rings. The largest absolute Gasteiger partial charge is 0.330 e. The van der Waals surface area contributed by atoms with E-state index in [-0.39, 0.29) is 5.28 Å². The van der Waals surface area contributed by atoms with Crippen LogP contribution in [0.25, 0.3) is 11.2 Å². The molecule has 6 nitrogen and oxygen atoms in total. The molecule has 21 heavy (non-hydrogen) atoms. The highest BCUT2D eigenvalue weighted by atomic mass is 35.5. The molecule has 0 fully saturated rings. The molecule has 0 bridgehead atoms. The first-order valence-corrected chi connectivity index (χ1v) is 6.92. The summed E-state index contributed by atoms with van der Waals surface area (Å²) in [7, 11) is 0. The minimum atomic E-state index is -0.477. The Morgan fingerprint density at radius 1 is 1.19 bits per heavy atom. The maximum Gasteiger partial charge on any atom is 0.330 e. The molecule has 7 heteroatoms.